The van der Waals surface area contributed by atoms with Gasteiger partial charge in [-0.2, -0.15) is 0 Å². The van der Waals surface area contributed by atoms with Crippen molar-refractivity contribution in [2.24, 2.45) is 0 Å². The molecular formula is C19H24FN3O2. The highest BCUT2D eigenvalue weighted by Crippen LogP contribution is 2.21. The second-order valence-corrected chi connectivity index (χ2v) is 5.85. The number of rotatable bonds is 8. The molecule has 3 N–H and O–H groups in total. The van der Waals surface area contributed by atoms with Crippen LogP contribution in [0.1, 0.15) is 47.8 Å². The first-order chi connectivity index (χ1) is 12.0. The summed E-state index contributed by atoms with van der Waals surface area (Å²) in [5.74, 6) is -0.474. The summed E-state index contributed by atoms with van der Waals surface area (Å²) in [5.41, 5.74) is 7.13. The number of pyridine rings is 1. The Morgan fingerprint density at radius 2 is 2.08 bits per heavy atom. The molecular weight excluding hydrogens is 321 g/mol. The SMILES string of the molecule is CCCCCOc1cccc(CNC(=O)c2ccc(C)nc2N)c1F. The Kier molecular flexibility index (Phi) is 6.74. The lowest BCUT2D eigenvalue weighted by atomic mass is 10.1. The molecule has 0 aliphatic carbocycles. The number of ether oxygens (including phenoxy) is 1. The van der Waals surface area contributed by atoms with Gasteiger partial charge < -0.3 is 15.8 Å². The molecule has 1 aromatic heterocycles. The second-order valence-electron chi connectivity index (χ2n) is 5.85. The van der Waals surface area contributed by atoms with Crippen molar-refractivity contribution >= 4 is 11.7 Å². The van der Waals surface area contributed by atoms with E-state index >= 15 is 0 Å². The monoisotopic (exact) mass is 345 g/mol. The molecule has 25 heavy (non-hydrogen) atoms. The molecule has 0 spiro atoms. The number of unbranched alkanes of at least 4 members (excludes halogenated alkanes) is 2. The fourth-order valence-corrected chi connectivity index (χ4v) is 2.38. The number of hydrogen-bond donors (Lipinski definition) is 2. The van der Waals surface area contributed by atoms with Crippen molar-refractivity contribution in [3.8, 4) is 5.75 Å². The minimum absolute atomic E-state index is 0.0458. The third-order valence-corrected chi connectivity index (χ3v) is 3.80. The van der Waals surface area contributed by atoms with Crippen molar-refractivity contribution in [3.05, 3.63) is 53.0 Å². The average molecular weight is 345 g/mol. The van der Waals surface area contributed by atoms with Gasteiger partial charge in [0.2, 0.25) is 0 Å². The molecule has 1 heterocycles. The predicted octanol–water partition coefficient (Wildman–Crippen LogP) is 3.61. The average Bonchev–Trinajstić information content (AvgIpc) is 2.58. The van der Waals surface area contributed by atoms with Gasteiger partial charge in [0.1, 0.15) is 5.82 Å². The van der Waals surface area contributed by atoms with E-state index in [0.29, 0.717) is 12.2 Å². The number of halogens is 1. The van der Waals surface area contributed by atoms with Gasteiger partial charge in [0, 0.05) is 17.8 Å². The zero-order valence-corrected chi connectivity index (χ0v) is 14.6. The first-order valence-corrected chi connectivity index (χ1v) is 8.44. The molecule has 0 aliphatic rings. The molecule has 0 saturated heterocycles. The Morgan fingerprint density at radius 1 is 1.28 bits per heavy atom. The minimum Gasteiger partial charge on any atom is -0.491 e. The van der Waals surface area contributed by atoms with Crippen LogP contribution in [0.2, 0.25) is 0 Å². The number of hydrogen-bond acceptors (Lipinski definition) is 4. The van der Waals surface area contributed by atoms with E-state index in [1.54, 1.807) is 37.3 Å². The van der Waals surface area contributed by atoms with Gasteiger partial charge in [-0.05, 0) is 31.5 Å². The van der Waals surface area contributed by atoms with Crippen LogP contribution in [0.15, 0.2) is 30.3 Å². The fourth-order valence-electron chi connectivity index (χ4n) is 2.38. The van der Waals surface area contributed by atoms with E-state index in [0.717, 1.165) is 25.0 Å². The number of nitrogens with one attached hydrogen (secondary N) is 1. The molecule has 0 bridgehead atoms. The van der Waals surface area contributed by atoms with Gasteiger partial charge in [0.15, 0.2) is 11.6 Å². The van der Waals surface area contributed by atoms with Crippen molar-refractivity contribution in [1.82, 2.24) is 10.3 Å². The van der Waals surface area contributed by atoms with Crippen LogP contribution in [0.4, 0.5) is 10.2 Å². The smallest absolute Gasteiger partial charge is 0.255 e. The molecule has 134 valence electrons. The van der Waals surface area contributed by atoms with E-state index in [4.69, 9.17) is 10.5 Å². The van der Waals surface area contributed by atoms with E-state index in [9.17, 15) is 9.18 Å². The van der Waals surface area contributed by atoms with Crippen LogP contribution in [-0.2, 0) is 6.54 Å². The molecule has 1 aromatic carbocycles. The standard InChI is InChI=1S/C19H24FN3O2/c1-3-4-5-11-25-16-8-6-7-14(17(16)20)12-22-19(24)15-10-9-13(2)23-18(15)21/h6-10H,3-5,11-12H2,1-2H3,(H2,21,23)(H,22,24). The van der Waals surface area contributed by atoms with Crippen molar-refractivity contribution in [2.45, 2.75) is 39.7 Å². The fraction of sp³-hybridized carbons (Fsp3) is 0.368. The quantitative estimate of drug-likeness (QED) is 0.717. The second kappa shape index (κ2) is 9.01. The van der Waals surface area contributed by atoms with Gasteiger partial charge in [0.25, 0.3) is 5.91 Å². The minimum atomic E-state index is -0.450. The zero-order valence-electron chi connectivity index (χ0n) is 14.6. The number of carbonyl (C=O) groups is 1. The van der Waals surface area contributed by atoms with Crippen LogP contribution >= 0.6 is 0 Å². The zero-order chi connectivity index (χ0) is 18.2. The van der Waals surface area contributed by atoms with Crippen LogP contribution in [0.3, 0.4) is 0 Å². The Labute approximate surface area is 147 Å². The summed E-state index contributed by atoms with van der Waals surface area (Å²) in [7, 11) is 0. The number of nitrogen functional groups attached to an aromatic ring is 1. The summed E-state index contributed by atoms with van der Waals surface area (Å²) in [5, 5.41) is 2.67. The van der Waals surface area contributed by atoms with Crippen LogP contribution in [-0.4, -0.2) is 17.5 Å². The Hall–Kier alpha value is -2.63. The Bertz CT molecular complexity index is 735. The van der Waals surface area contributed by atoms with Crippen molar-refractivity contribution in [1.29, 1.82) is 0 Å². The molecule has 2 rings (SSSR count). The summed E-state index contributed by atoms with van der Waals surface area (Å²) in [6.45, 7) is 4.41. The van der Waals surface area contributed by atoms with Gasteiger partial charge in [0.05, 0.1) is 12.2 Å². The molecule has 1 amide bonds. The Morgan fingerprint density at radius 3 is 2.80 bits per heavy atom. The van der Waals surface area contributed by atoms with Crippen molar-refractivity contribution in [2.75, 3.05) is 12.3 Å². The molecule has 0 fully saturated rings. The molecule has 0 atom stereocenters. The van der Waals surface area contributed by atoms with Crippen LogP contribution in [0, 0.1) is 12.7 Å². The van der Waals surface area contributed by atoms with Gasteiger partial charge in [-0.25, -0.2) is 9.37 Å². The highest BCUT2D eigenvalue weighted by atomic mass is 19.1. The van der Waals surface area contributed by atoms with Gasteiger partial charge in [-0.1, -0.05) is 31.9 Å². The van der Waals surface area contributed by atoms with Crippen LogP contribution < -0.4 is 15.8 Å². The van der Waals surface area contributed by atoms with Crippen LogP contribution in [0.5, 0.6) is 5.75 Å². The lowest BCUT2D eigenvalue weighted by Gasteiger charge is -2.11. The Balaban J connectivity index is 1.99. The molecule has 0 saturated carbocycles. The number of carbonyl (C=O) groups excluding carboxylic acids is 1. The molecule has 0 unspecified atom stereocenters. The first kappa shape index (κ1) is 18.7. The van der Waals surface area contributed by atoms with E-state index in [1.165, 1.54) is 0 Å². The maximum Gasteiger partial charge on any atom is 0.255 e. The molecule has 6 heteroatoms. The molecule has 0 radical (unpaired) electrons. The van der Waals surface area contributed by atoms with Gasteiger partial charge in [-0.3, -0.25) is 4.79 Å². The van der Waals surface area contributed by atoms with E-state index < -0.39 is 11.7 Å². The summed E-state index contributed by atoms with van der Waals surface area (Å²) in [4.78, 5) is 16.3. The molecule has 2 aromatic rings. The predicted molar refractivity (Wildman–Crippen MR) is 96.0 cm³/mol. The summed E-state index contributed by atoms with van der Waals surface area (Å²) >= 11 is 0. The maximum atomic E-state index is 14.5. The lowest BCUT2D eigenvalue weighted by Crippen LogP contribution is -2.24. The lowest BCUT2D eigenvalue weighted by molar-refractivity contribution is 0.0951. The summed E-state index contributed by atoms with van der Waals surface area (Å²) < 4.78 is 19.9. The number of nitrogens with two attached hydrogens (primary N) is 1. The van der Waals surface area contributed by atoms with Gasteiger partial charge in [-0.15, -0.1) is 0 Å². The number of nitrogens with zero attached hydrogens (tertiary/aromatic N) is 1. The van der Waals surface area contributed by atoms with Crippen LogP contribution in [0.25, 0.3) is 0 Å². The topological polar surface area (TPSA) is 77.2 Å². The van der Waals surface area contributed by atoms with Gasteiger partial charge >= 0.3 is 0 Å². The van der Waals surface area contributed by atoms with E-state index in [1.807, 2.05) is 0 Å². The number of benzene rings is 1. The number of aryl methyl sites for hydroxylation is 1. The normalized spacial score (nSPS) is 10.5. The highest BCUT2D eigenvalue weighted by molar-refractivity contribution is 5.98. The number of anilines is 1. The van der Waals surface area contributed by atoms with Crippen molar-refractivity contribution < 1.29 is 13.9 Å². The third kappa shape index (κ3) is 5.17. The van der Waals surface area contributed by atoms with E-state index in [-0.39, 0.29) is 23.7 Å². The highest BCUT2D eigenvalue weighted by Gasteiger charge is 2.13. The third-order valence-electron chi connectivity index (χ3n) is 3.80. The summed E-state index contributed by atoms with van der Waals surface area (Å²) in [6, 6.07) is 8.23. The molecule has 5 nitrogen and oxygen atoms in total. The largest absolute Gasteiger partial charge is 0.491 e. The number of amides is 1. The van der Waals surface area contributed by atoms with E-state index in [2.05, 4.69) is 17.2 Å². The number of aromatic nitrogens is 1. The first-order valence-electron chi connectivity index (χ1n) is 8.44. The van der Waals surface area contributed by atoms with Crippen molar-refractivity contribution in [3.63, 3.8) is 0 Å². The molecule has 0 aliphatic heterocycles. The maximum absolute atomic E-state index is 14.5. The summed E-state index contributed by atoms with van der Waals surface area (Å²) in [6.07, 6.45) is 3.01.